The van der Waals surface area contributed by atoms with E-state index >= 15 is 9.59 Å². The number of carbonyl (C=O) groups excluding carboxylic acids is 3. The summed E-state index contributed by atoms with van der Waals surface area (Å²) < 4.78 is 12.7. The van der Waals surface area contributed by atoms with Crippen LogP contribution in [0.1, 0.15) is 52.1 Å². The molecule has 6 atom stereocenters. The Hall–Kier alpha value is -4.93. The monoisotopic (exact) mass is 720 g/mol. The lowest BCUT2D eigenvalue weighted by Crippen LogP contribution is -2.57. The van der Waals surface area contributed by atoms with Gasteiger partial charge >= 0.3 is 0 Å². The third kappa shape index (κ3) is 6.52. The van der Waals surface area contributed by atoms with Crippen LogP contribution in [0.5, 0.6) is 5.75 Å². The fourth-order valence-corrected chi connectivity index (χ4v) is 8.92. The van der Waals surface area contributed by atoms with E-state index in [9.17, 15) is 9.90 Å². The Kier molecular flexibility index (Phi) is 11.1. The van der Waals surface area contributed by atoms with Crippen molar-refractivity contribution in [3.8, 4) is 5.75 Å². The lowest BCUT2D eigenvalue weighted by atomic mass is 9.66. The molecule has 10 nitrogen and oxygen atoms in total. The van der Waals surface area contributed by atoms with Crippen molar-refractivity contribution in [3.05, 3.63) is 110 Å². The minimum atomic E-state index is -1.31. The number of aliphatic hydroxyl groups excluding tert-OH is 1. The number of hydrogen-bond acceptors (Lipinski definition) is 7. The zero-order chi connectivity index (χ0) is 37.9. The summed E-state index contributed by atoms with van der Waals surface area (Å²) in [7, 11) is 0. The summed E-state index contributed by atoms with van der Waals surface area (Å²) in [6.45, 7) is 18.0. The summed E-state index contributed by atoms with van der Waals surface area (Å²) in [6, 6.07) is 22.3. The van der Waals surface area contributed by atoms with E-state index < -0.39 is 41.7 Å². The average molecular weight is 721 g/mol. The van der Waals surface area contributed by atoms with E-state index in [4.69, 9.17) is 9.47 Å². The maximum Gasteiger partial charge on any atom is 0.253 e. The third-order valence-corrected chi connectivity index (χ3v) is 11.3. The standard InChI is InChI=1S/C43H52N4O6/c1-7-27-45(33-21-23-34(24-22-33)52-11-5)39(49)36-37-40(50)47(35(29-48)30-15-13-12-14-16-30)38(43(37)26-25-42(36,6)53-43)41(51)46(28-8-2)32-19-17-31(18-20-32)44(9-3)10-4/h7-8,12-24,35-38,48H,1-2,9-11,25-29H2,3-6H3/t35-,36-,37+,38?,42+,43?/m1/s1. The van der Waals surface area contributed by atoms with Crippen LogP contribution >= 0.6 is 0 Å². The molecule has 0 aromatic heterocycles. The highest BCUT2D eigenvalue weighted by molar-refractivity contribution is 6.07. The van der Waals surface area contributed by atoms with Crippen molar-refractivity contribution < 1.29 is 29.0 Å². The summed E-state index contributed by atoms with van der Waals surface area (Å²) in [5, 5.41) is 11.0. The molecule has 0 aliphatic carbocycles. The maximum absolute atomic E-state index is 15.3. The van der Waals surface area contributed by atoms with E-state index in [1.807, 2.05) is 92.7 Å². The predicted octanol–water partition coefficient (Wildman–Crippen LogP) is 6.17. The molecule has 10 heteroatoms. The molecule has 3 aromatic rings. The van der Waals surface area contributed by atoms with E-state index in [-0.39, 0.29) is 30.8 Å². The molecule has 6 rings (SSSR count). The van der Waals surface area contributed by atoms with Gasteiger partial charge in [0.05, 0.1) is 36.7 Å². The predicted molar refractivity (Wildman–Crippen MR) is 208 cm³/mol. The maximum atomic E-state index is 15.3. The highest BCUT2D eigenvalue weighted by Gasteiger charge is 2.79. The van der Waals surface area contributed by atoms with Gasteiger partial charge in [0.15, 0.2) is 0 Å². The lowest BCUT2D eigenvalue weighted by molar-refractivity contribution is -0.148. The number of nitrogens with zero attached hydrogens (tertiary/aromatic N) is 4. The number of hydrogen-bond donors (Lipinski definition) is 1. The molecule has 2 bridgehead atoms. The number of anilines is 3. The molecule has 0 radical (unpaired) electrons. The molecule has 3 aliphatic heterocycles. The average Bonchev–Trinajstić information content (AvgIpc) is 3.75. The van der Waals surface area contributed by atoms with Crippen LogP contribution in [-0.4, -0.2) is 84.4 Å². The highest BCUT2D eigenvalue weighted by Crippen LogP contribution is 2.64. The van der Waals surface area contributed by atoms with Crippen LogP contribution in [0.2, 0.25) is 0 Å². The number of rotatable bonds is 16. The lowest BCUT2D eigenvalue weighted by Gasteiger charge is -2.39. The Balaban J connectivity index is 1.46. The molecule has 1 N–H and O–H groups in total. The first-order valence-corrected chi connectivity index (χ1v) is 18.7. The molecule has 3 heterocycles. The number of aliphatic hydroxyl groups is 1. The Morgan fingerprint density at radius 3 is 2.00 bits per heavy atom. The van der Waals surface area contributed by atoms with Crippen molar-refractivity contribution in [1.82, 2.24) is 4.90 Å². The number of fused-ring (bicyclic) bond motifs is 1. The van der Waals surface area contributed by atoms with Crippen LogP contribution < -0.4 is 19.4 Å². The third-order valence-electron chi connectivity index (χ3n) is 11.3. The molecule has 3 aliphatic rings. The summed E-state index contributed by atoms with van der Waals surface area (Å²) in [6.07, 6.45) is 4.20. The van der Waals surface area contributed by atoms with E-state index in [0.29, 0.717) is 42.1 Å². The summed E-state index contributed by atoms with van der Waals surface area (Å²) in [5.74, 6) is -2.19. The van der Waals surface area contributed by atoms with Crippen molar-refractivity contribution in [1.29, 1.82) is 0 Å². The number of benzene rings is 3. The van der Waals surface area contributed by atoms with Crippen molar-refractivity contribution in [2.24, 2.45) is 11.8 Å². The minimum Gasteiger partial charge on any atom is -0.494 e. The molecule has 3 aromatic carbocycles. The van der Waals surface area contributed by atoms with Gasteiger partial charge < -0.3 is 34.2 Å². The van der Waals surface area contributed by atoms with Gasteiger partial charge in [0.2, 0.25) is 11.8 Å². The summed E-state index contributed by atoms with van der Waals surface area (Å²) in [5.41, 5.74) is 0.679. The first-order chi connectivity index (χ1) is 25.6. The normalized spacial score (nSPS) is 24.7. The number of likely N-dealkylation sites (tertiary alicyclic amines) is 1. The van der Waals surface area contributed by atoms with Gasteiger partial charge in [0, 0.05) is 43.2 Å². The van der Waals surface area contributed by atoms with Gasteiger partial charge in [-0.3, -0.25) is 14.4 Å². The second-order valence-electron chi connectivity index (χ2n) is 14.2. The van der Waals surface area contributed by atoms with Crippen LogP contribution in [-0.2, 0) is 19.1 Å². The first kappa shape index (κ1) is 37.8. The van der Waals surface area contributed by atoms with E-state index in [1.54, 1.807) is 22.0 Å². The largest absolute Gasteiger partial charge is 0.494 e. The molecular weight excluding hydrogens is 668 g/mol. The number of amides is 3. The van der Waals surface area contributed by atoms with Crippen molar-refractivity contribution in [3.63, 3.8) is 0 Å². The topological polar surface area (TPSA) is 103 Å². The minimum absolute atomic E-state index is 0.183. The smallest absolute Gasteiger partial charge is 0.253 e. The van der Waals surface area contributed by atoms with E-state index in [1.165, 1.54) is 4.90 Å². The van der Waals surface area contributed by atoms with Crippen LogP contribution in [0.15, 0.2) is 104 Å². The molecule has 3 fully saturated rings. The van der Waals surface area contributed by atoms with Crippen LogP contribution in [0.4, 0.5) is 17.1 Å². The van der Waals surface area contributed by atoms with Gasteiger partial charge in [0.1, 0.15) is 17.4 Å². The molecule has 53 heavy (non-hydrogen) atoms. The molecular formula is C43H52N4O6. The van der Waals surface area contributed by atoms with Crippen LogP contribution in [0.25, 0.3) is 0 Å². The second kappa shape index (κ2) is 15.6. The van der Waals surface area contributed by atoms with Gasteiger partial charge in [-0.2, -0.15) is 0 Å². The molecule has 0 saturated carbocycles. The van der Waals surface area contributed by atoms with Crippen LogP contribution in [0, 0.1) is 11.8 Å². The molecule has 280 valence electrons. The van der Waals surface area contributed by atoms with E-state index in [2.05, 4.69) is 31.9 Å². The van der Waals surface area contributed by atoms with Crippen LogP contribution in [0.3, 0.4) is 0 Å². The van der Waals surface area contributed by atoms with Crippen molar-refractivity contribution in [2.45, 2.75) is 63.8 Å². The van der Waals surface area contributed by atoms with Gasteiger partial charge in [-0.05, 0) is 94.6 Å². The SMILES string of the molecule is C=CCN(C(=O)C1N([C@H](CO)c2ccccc2)C(=O)[C@@H]2[C@H](C(=O)N(CC=C)c3ccc(OCC)cc3)[C@]3(C)CCC12O3)c1ccc(N(CC)CC)cc1. The Morgan fingerprint density at radius 1 is 0.887 bits per heavy atom. The highest BCUT2D eigenvalue weighted by atomic mass is 16.5. The zero-order valence-electron chi connectivity index (χ0n) is 31.3. The van der Waals surface area contributed by atoms with Gasteiger partial charge in [-0.1, -0.05) is 42.5 Å². The second-order valence-corrected chi connectivity index (χ2v) is 14.2. The van der Waals surface area contributed by atoms with Gasteiger partial charge in [-0.15, -0.1) is 13.2 Å². The molecule has 1 spiro atoms. The van der Waals surface area contributed by atoms with Crippen molar-refractivity contribution >= 4 is 34.8 Å². The Labute approximate surface area is 313 Å². The Morgan fingerprint density at radius 2 is 1.45 bits per heavy atom. The first-order valence-electron chi connectivity index (χ1n) is 18.7. The quantitative estimate of drug-likeness (QED) is 0.177. The number of carbonyl (C=O) groups is 3. The zero-order valence-corrected chi connectivity index (χ0v) is 31.3. The fourth-order valence-electron chi connectivity index (χ4n) is 8.92. The fraction of sp³-hybridized carbons (Fsp3) is 0.419. The summed E-state index contributed by atoms with van der Waals surface area (Å²) >= 11 is 0. The molecule has 2 unspecified atom stereocenters. The Bertz CT molecular complexity index is 1800. The van der Waals surface area contributed by atoms with Gasteiger partial charge in [-0.25, -0.2) is 0 Å². The molecule has 3 saturated heterocycles. The molecule has 3 amide bonds. The summed E-state index contributed by atoms with van der Waals surface area (Å²) in [4.78, 5) is 52.5. The van der Waals surface area contributed by atoms with E-state index in [0.717, 1.165) is 18.8 Å². The van der Waals surface area contributed by atoms with Crippen molar-refractivity contribution in [2.75, 3.05) is 54.1 Å². The van der Waals surface area contributed by atoms with Gasteiger partial charge in [0.25, 0.3) is 5.91 Å². The number of ether oxygens (including phenoxy) is 2.